The van der Waals surface area contributed by atoms with E-state index in [9.17, 15) is 13.2 Å². The second kappa shape index (κ2) is 7.15. The first kappa shape index (κ1) is 17.9. The number of anilines is 1. The molecule has 1 unspecified atom stereocenters. The van der Waals surface area contributed by atoms with Crippen LogP contribution in [0.4, 0.5) is 5.69 Å². The van der Waals surface area contributed by atoms with E-state index in [-0.39, 0.29) is 16.8 Å². The summed E-state index contributed by atoms with van der Waals surface area (Å²) in [5.74, 6) is -0.0463. The summed E-state index contributed by atoms with van der Waals surface area (Å²) in [5.41, 5.74) is 2.38. The predicted octanol–water partition coefficient (Wildman–Crippen LogP) is 3.65. The first-order chi connectivity index (χ1) is 11.9. The van der Waals surface area contributed by atoms with Gasteiger partial charge in [0.05, 0.1) is 4.90 Å². The van der Waals surface area contributed by atoms with Gasteiger partial charge in [-0.15, -0.1) is 0 Å². The van der Waals surface area contributed by atoms with Crippen LogP contribution in [-0.4, -0.2) is 14.3 Å². The summed E-state index contributed by atoms with van der Waals surface area (Å²) < 4.78 is 28.3. The fraction of sp³-hybridized carbons (Fsp3) is 0.278. The Morgan fingerprint density at radius 3 is 2.56 bits per heavy atom. The molecule has 0 spiro atoms. The number of rotatable bonds is 5. The maximum Gasteiger partial charge on any atom is 0.241 e. The molecule has 0 fully saturated rings. The van der Waals surface area contributed by atoms with Crippen LogP contribution in [0.5, 0.6) is 0 Å². The van der Waals surface area contributed by atoms with Gasteiger partial charge in [-0.2, -0.15) is 0 Å². The van der Waals surface area contributed by atoms with Crippen molar-refractivity contribution >= 4 is 33.2 Å². The van der Waals surface area contributed by atoms with E-state index >= 15 is 0 Å². The molecule has 5 nitrogen and oxygen atoms in total. The van der Waals surface area contributed by atoms with E-state index in [0.717, 1.165) is 11.1 Å². The predicted molar refractivity (Wildman–Crippen MR) is 98.2 cm³/mol. The van der Waals surface area contributed by atoms with Crippen molar-refractivity contribution in [1.29, 1.82) is 0 Å². The van der Waals surface area contributed by atoms with Crippen molar-refractivity contribution in [3.05, 3.63) is 58.6 Å². The van der Waals surface area contributed by atoms with Crippen LogP contribution in [0.2, 0.25) is 5.02 Å². The number of hydrogen-bond acceptors (Lipinski definition) is 3. The minimum absolute atomic E-state index is 0.0463. The summed E-state index contributed by atoms with van der Waals surface area (Å²) in [6.07, 6.45) is 1.52. The number of carbonyl (C=O) groups excluding carboxylic acids is 1. The Bertz CT molecular complexity index is 895. The number of sulfonamides is 1. The quantitative estimate of drug-likeness (QED) is 0.833. The number of nitrogens with one attached hydrogen (secondary N) is 2. The highest BCUT2D eigenvalue weighted by atomic mass is 35.5. The number of benzene rings is 2. The molecule has 0 aliphatic carbocycles. The molecule has 0 radical (unpaired) electrons. The molecule has 2 aromatic carbocycles. The summed E-state index contributed by atoms with van der Waals surface area (Å²) in [7, 11) is -3.67. The second-order valence-electron chi connectivity index (χ2n) is 6.00. The zero-order chi connectivity index (χ0) is 18.0. The summed E-state index contributed by atoms with van der Waals surface area (Å²) in [5, 5.41) is 3.36. The van der Waals surface area contributed by atoms with E-state index in [4.69, 9.17) is 11.6 Å². The van der Waals surface area contributed by atoms with Crippen LogP contribution in [0.15, 0.2) is 47.4 Å². The largest absolute Gasteiger partial charge is 0.326 e. The van der Waals surface area contributed by atoms with Crippen molar-refractivity contribution in [2.45, 2.75) is 37.1 Å². The number of amides is 1. The maximum absolute atomic E-state index is 12.8. The Balaban J connectivity index is 1.85. The van der Waals surface area contributed by atoms with Gasteiger partial charge in [0.25, 0.3) is 0 Å². The summed E-state index contributed by atoms with van der Waals surface area (Å²) in [6, 6.07) is 11.6. The lowest BCUT2D eigenvalue weighted by atomic mass is 10.0. The van der Waals surface area contributed by atoms with Crippen LogP contribution in [0, 0.1) is 0 Å². The van der Waals surface area contributed by atoms with Gasteiger partial charge in [-0.3, -0.25) is 4.79 Å². The lowest BCUT2D eigenvalue weighted by molar-refractivity contribution is -0.116. The fourth-order valence-corrected chi connectivity index (χ4v) is 4.35. The lowest BCUT2D eigenvalue weighted by Crippen LogP contribution is -2.28. The molecule has 0 saturated heterocycles. The van der Waals surface area contributed by atoms with E-state index in [1.165, 1.54) is 6.07 Å². The van der Waals surface area contributed by atoms with Gasteiger partial charge in [-0.25, -0.2) is 13.1 Å². The summed E-state index contributed by atoms with van der Waals surface area (Å²) in [6.45, 7) is 1.92. The first-order valence-corrected chi connectivity index (χ1v) is 9.96. The Morgan fingerprint density at radius 2 is 1.88 bits per heavy atom. The van der Waals surface area contributed by atoms with Gasteiger partial charge in [0, 0.05) is 23.2 Å². The number of aryl methyl sites for hydroxylation is 1. The molecule has 25 heavy (non-hydrogen) atoms. The van der Waals surface area contributed by atoms with Crippen LogP contribution in [0.3, 0.4) is 0 Å². The molecule has 1 aliphatic heterocycles. The van der Waals surface area contributed by atoms with E-state index in [1.807, 2.05) is 19.1 Å². The monoisotopic (exact) mass is 378 g/mol. The van der Waals surface area contributed by atoms with Gasteiger partial charge >= 0.3 is 0 Å². The lowest BCUT2D eigenvalue weighted by Gasteiger charge is -2.20. The van der Waals surface area contributed by atoms with E-state index in [1.54, 1.807) is 24.3 Å². The molecule has 132 valence electrons. The fourth-order valence-electron chi connectivity index (χ4n) is 2.86. The van der Waals surface area contributed by atoms with Crippen LogP contribution in [0.25, 0.3) is 0 Å². The highest BCUT2D eigenvalue weighted by molar-refractivity contribution is 7.89. The van der Waals surface area contributed by atoms with Crippen molar-refractivity contribution in [2.75, 3.05) is 5.32 Å². The van der Waals surface area contributed by atoms with Crippen LogP contribution >= 0.6 is 11.6 Å². The molecule has 1 aliphatic rings. The highest BCUT2D eigenvalue weighted by Gasteiger charge is 2.23. The summed E-state index contributed by atoms with van der Waals surface area (Å²) >= 11 is 5.90. The number of fused-ring (bicyclic) bond motifs is 1. The zero-order valence-electron chi connectivity index (χ0n) is 13.8. The van der Waals surface area contributed by atoms with Crippen molar-refractivity contribution in [2.24, 2.45) is 0 Å². The third-order valence-corrected chi connectivity index (χ3v) is 5.98. The van der Waals surface area contributed by atoms with Crippen LogP contribution in [-0.2, 0) is 21.2 Å². The Labute approximate surface area is 152 Å². The molecule has 0 aromatic heterocycles. The standard InChI is InChI=1S/C18H19ClN2O3S/c1-2-16(12-3-6-14(19)7-4-12)21-25(23,24)15-8-9-17-13(11-15)5-10-18(22)20-17/h3-4,6-9,11,16,21H,2,5,10H2,1H3,(H,20,22). The molecule has 3 rings (SSSR count). The average molecular weight is 379 g/mol. The van der Waals surface area contributed by atoms with Crippen LogP contribution < -0.4 is 10.0 Å². The average Bonchev–Trinajstić information content (AvgIpc) is 2.60. The van der Waals surface area contributed by atoms with Gasteiger partial charge in [0.2, 0.25) is 15.9 Å². The molecule has 1 amide bonds. The molecule has 0 bridgehead atoms. The van der Waals surface area contributed by atoms with Crippen molar-refractivity contribution in [1.82, 2.24) is 4.72 Å². The van der Waals surface area contributed by atoms with Gasteiger partial charge in [0.1, 0.15) is 0 Å². The van der Waals surface area contributed by atoms with Crippen LogP contribution in [0.1, 0.15) is 36.9 Å². The molecular weight excluding hydrogens is 360 g/mol. The van der Waals surface area contributed by atoms with Gasteiger partial charge in [-0.1, -0.05) is 30.7 Å². The topological polar surface area (TPSA) is 75.3 Å². The SMILES string of the molecule is CCC(NS(=O)(=O)c1ccc2c(c1)CCC(=O)N2)c1ccc(Cl)cc1. The van der Waals surface area contributed by atoms with Gasteiger partial charge in [0.15, 0.2) is 0 Å². The first-order valence-electron chi connectivity index (χ1n) is 8.09. The number of carbonyl (C=O) groups is 1. The molecular formula is C18H19ClN2O3S. The van der Waals surface area contributed by atoms with E-state index in [2.05, 4.69) is 10.0 Å². The number of hydrogen-bond donors (Lipinski definition) is 2. The third kappa shape index (κ3) is 4.03. The molecule has 2 aromatic rings. The van der Waals surface area contributed by atoms with Crippen molar-refractivity contribution in [3.63, 3.8) is 0 Å². The highest BCUT2D eigenvalue weighted by Crippen LogP contribution is 2.27. The minimum atomic E-state index is -3.67. The van der Waals surface area contributed by atoms with Crippen molar-refractivity contribution in [3.8, 4) is 0 Å². The van der Waals surface area contributed by atoms with Crippen molar-refractivity contribution < 1.29 is 13.2 Å². The smallest absolute Gasteiger partial charge is 0.241 e. The molecule has 1 heterocycles. The summed E-state index contributed by atoms with van der Waals surface area (Å²) in [4.78, 5) is 11.6. The Hall–Kier alpha value is -1.89. The van der Waals surface area contributed by atoms with E-state index < -0.39 is 10.0 Å². The normalized spacial score (nSPS) is 15.4. The zero-order valence-corrected chi connectivity index (χ0v) is 15.3. The second-order valence-corrected chi connectivity index (χ2v) is 8.15. The molecule has 0 saturated carbocycles. The Morgan fingerprint density at radius 1 is 1.16 bits per heavy atom. The van der Waals surface area contributed by atoms with Gasteiger partial charge in [-0.05, 0) is 54.3 Å². The van der Waals surface area contributed by atoms with Gasteiger partial charge < -0.3 is 5.32 Å². The molecule has 1 atom stereocenters. The molecule has 7 heteroatoms. The third-order valence-electron chi connectivity index (χ3n) is 4.26. The maximum atomic E-state index is 12.8. The number of halogens is 1. The minimum Gasteiger partial charge on any atom is -0.326 e. The molecule has 2 N–H and O–H groups in total. The Kier molecular flexibility index (Phi) is 5.13. The van der Waals surface area contributed by atoms with E-state index in [0.29, 0.717) is 30.0 Å².